The van der Waals surface area contributed by atoms with Crippen LogP contribution in [0.1, 0.15) is 25.8 Å². The van der Waals surface area contributed by atoms with Crippen LogP contribution in [0.15, 0.2) is 18.2 Å². The molecule has 1 amide bonds. The molecule has 0 spiro atoms. The molecule has 1 N–H and O–H groups in total. The Morgan fingerprint density at radius 1 is 1.29 bits per heavy atom. The quantitative estimate of drug-likeness (QED) is 0.747. The summed E-state index contributed by atoms with van der Waals surface area (Å²) in [6.45, 7) is 6.37. The maximum Gasteiger partial charge on any atom is 0.241 e. The van der Waals surface area contributed by atoms with E-state index in [2.05, 4.69) is 12.2 Å². The van der Waals surface area contributed by atoms with Gasteiger partial charge in [0.05, 0.1) is 12.2 Å². The number of nitrogens with zero attached hydrogens (tertiary/aromatic N) is 2. The number of halogens is 1. The highest BCUT2D eigenvalue weighted by Gasteiger charge is 2.15. The summed E-state index contributed by atoms with van der Waals surface area (Å²) in [6.07, 6.45) is 1.05. The first kappa shape index (κ1) is 17.4. The average molecular weight is 295 g/mol. The third-order valence-corrected chi connectivity index (χ3v) is 3.32. The van der Waals surface area contributed by atoms with Crippen molar-refractivity contribution in [1.82, 2.24) is 10.2 Å². The first-order valence-electron chi connectivity index (χ1n) is 7.43. The Balaban J connectivity index is 2.78. The Morgan fingerprint density at radius 2 is 2.00 bits per heavy atom. The molecule has 4 nitrogen and oxygen atoms in total. The van der Waals surface area contributed by atoms with E-state index in [0.717, 1.165) is 18.5 Å². The lowest BCUT2D eigenvalue weighted by atomic mass is 10.1. The van der Waals surface area contributed by atoms with Crippen molar-refractivity contribution in [3.05, 3.63) is 29.6 Å². The molecule has 0 heterocycles. The molecule has 5 heteroatoms. The fraction of sp³-hybridized carbons (Fsp3) is 0.562. The van der Waals surface area contributed by atoms with Crippen molar-refractivity contribution in [2.24, 2.45) is 0 Å². The third kappa shape index (κ3) is 5.34. The van der Waals surface area contributed by atoms with Gasteiger partial charge in [-0.05, 0) is 37.6 Å². The number of benzene rings is 1. The van der Waals surface area contributed by atoms with E-state index >= 15 is 0 Å². The first-order chi connectivity index (χ1) is 9.99. The van der Waals surface area contributed by atoms with E-state index in [1.807, 2.05) is 13.0 Å². The van der Waals surface area contributed by atoms with Gasteiger partial charge in [0.25, 0.3) is 0 Å². The SMILES string of the molecule is CCCNCc1ccc(N(CC)CC(=O)N(C)C)c(F)c1. The van der Waals surface area contributed by atoms with Crippen molar-refractivity contribution in [1.29, 1.82) is 0 Å². The van der Waals surface area contributed by atoms with Crippen LogP contribution in [0.5, 0.6) is 0 Å². The summed E-state index contributed by atoms with van der Waals surface area (Å²) in [5, 5.41) is 3.25. The second-order valence-electron chi connectivity index (χ2n) is 5.26. The minimum Gasteiger partial charge on any atom is -0.360 e. The van der Waals surface area contributed by atoms with Crippen molar-refractivity contribution in [2.45, 2.75) is 26.8 Å². The maximum atomic E-state index is 14.3. The largest absolute Gasteiger partial charge is 0.360 e. The molecular weight excluding hydrogens is 269 g/mol. The molecule has 0 saturated carbocycles. The van der Waals surface area contributed by atoms with Crippen molar-refractivity contribution >= 4 is 11.6 Å². The van der Waals surface area contributed by atoms with Gasteiger partial charge in [0.15, 0.2) is 0 Å². The van der Waals surface area contributed by atoms with Crippen LogP contribution in [-0.2, 0) is 11.3 Å². The molecule has 1 rings (SSSR count). The molecule has 1 aromatic carbocycles. The van der Waals surface area contributed by atoms with Gasteiger partial charge in [-0.15, -0.1) is 0 Å². The number of nitrogens with one attached hydrogen (secondary N) is 1. The van der Waals surface area contributed by atoms with E-state index in [0.29, 0.717) is 18.8 Å². The molecule has 118 valence electrons. The lowest BCUT2D eigenvalue weighted by Gasteiger charge is -2.25. The zero-order valence-corrected chi connectivity index (χ0v) is 13.4. The highest BCUT2D eigenvalue weighted by Crippen LogP contribution is 2.20. The van der Waals surface area contributed by atoms with Crippen LogP contribution in [0.25, 0.3) is 0 Å². The summed E-state index contributed by atoms with van der Waals surface area (Å²) in [4.78, 5) is 15.1. The van der Waals surface area contributed by atoms with Gasteiger partial charge >= 0.3 is 0 Å². The fourth-order valence-electron chi connectivity index (χ4n) is 2.00. The van der Waals surface area contributed by atoms with Gasteiger partial charge in [-0.3, -0.25) is 4.79 Å². The summed E-state index contributed by atoms with van der Waals surface area (Å²) in [7, 11) is 3.41. The Morgan fingerprint density at radius 3 is 2.52 bits per heavy atom. The lowest BCUT2D eigenvalue weighted by molar-refractivity contribution is -0.127. The topological polar surface area (TPSA) is 35.6 Å². The molecule has 0 aliphatic rings. The van der Waals surface area contributed by atoms with Crippen LogP contribution >= 0.6 is 0 Å². The van der Waals surface area contributed by atoms with Crippen LogP contribution in [0, 0.1) is 5.82 Å². The van der Waals surface area contributed by atoms with Gasteiger partial charge in [0.2, 0.25) is 5.91 Å². The van der Waals surface area contributed by atoms with Crippen LogP contribution in [0.4, 0.5) is 10.1 Å². The summed E-state index contributed by atoms with van der Waals surface area (Å²) >= 11 is 0. The van der Waals surface area contributed by atoms with E-state index < -0.39 is 0 Å². The van der Waals surface area contributed by atoms with Gasteiger partial charge in [0, 0.05) is 27.2 Å². The van der Waals surface area contributed by atoms with Crippen molar-refractivity contribution in [3.63, 3.8) is 0 Å². The van der Waals surface area contributed by atoms with Crippen molar-refractivity contribution in [2.75, 3.05) is 38.6 Å². The molecule has 0 fully saturated rings. The summed E-state index contributed by atoms with van der Waals surface area (Å²) in [6, 6.07) is 5.20. The summed E-state index contributed by atoms with van der Waals surface area (Å²) < 4.78 is 14.3. The number of hydrogen-bond donors (Lipinski definition) is 1. The van der Waals surface area contributed by atoms with Crippen molar-refractivity contribution in [3.8, 4) is 0 Å². The Hall–Kier alpha value is -1.62. The molecular formula is C16H26FN3O. The van der Waals surface area contributed by atoms with E-state index in [4.69, 9.17) is 0 Å². The standard InChI is InChI=1S/C16H26FN3O/c1-5-9-18-11-13-7-8-15(14(17)10-13)20(6-2)12-16(21)19(3)4/h7-8,10,18H,5-6,9,11-12H2,1-4H3. The molecule has 0 saturated heterocycles. The predicted molar refractivity (Wildman–Crippen MR) is 85.0 cm³/mol. The second kappa shape index (κ2) is 8.62. The summed E-state index contributed by atoms with van der Waals surface area (Å²) in [5.41, 5.74) is 1.40. The predicted octanol–water partition coefficient (Wildman–Crippen LogP) is 2.24. The first-order valence-corrected chi connectivity index (χ1v) is 7.43. The van der Waals surface area contributed by atoms with E-state index in [1.54, 1.807) is 31.1 Å². The summed E-state index contributed by atoms with van der Waals surface area (Å²) in [5.74, 6) is -0.316. The van der Waals surface area contributed by atoms with E-state index in [9.17, 15) is 9.18 Å². The Labute approximate surface area is 126 Å². The molecule has 0 unspecified atom stereocenters. The molecule has 0 radical (unpaired) electrons. The normalized spacial score (nSPS) is 10.5. The number of hydrogen-bond acceptors (Lipinski definition) is 3. The number of carbonyl (C=O) groups is 1. The van der Waals surface area contributed by atoms with Gasteiger partial charge < -0.3 is 15.1 Å². The molecule has 21 heavy (non-hydrogen) atoms. The van der Waals surface area contributed by atoms with Gasteiger partial charge in [-0.1, -0.05) is 13.0 Å². The zero-order chi connectivity index (χ0) is 15.8. The highest BCUT2D eigenvalue weighted by atomic mass is 19.1. The molecule has 0 atom stereocenters. The highest BCUT2D eigenvalue weighted by molar-refractivity contribution is 5.81. The number of rotatable bonds is 8. The molecule has 0 aliphatic carbocycles. The molecule has 0 bridgehead atoms. The molecule has 0 aromatic heterocycles. The zero-order valence-electron chi connectivity index (χ0n) is 13.4. The minimum atomic E-state index is -0.279. The lowest BCUT2D eigenvalue weighted by Crippen LogP contribution is -2.37. The third-order valence-electron chi connectivity index (χ3n) is 3.32. The van der Waals surface area contributed by atoms with Gasteiger partial charge in [0.1, 0.15) is 5.82 Å². The van der Waals surface area contributed by atoms with Crippen LogP contribution in [0.2, 0.25) is 0 Å². The van der Waals surface area contributed by atoms with Crippen molar-refractivity contribution < 1.29 is 9.18 Å². The van der Waals surface area contributed by atoms with Crippen LogP contribution in [-0.4, -0.2) is 44.5 Å². The van der Waals surface area contributed by atoms with Gasteiger partial charge in [-0.25, -0.2) is 4.39 Å². The molecule has 0 aliphatic heterocycles. The smallest absolute Gasteiger partial charge is 0.241 e. The average Bonchev–Trinajstić information content (AvgIpc) is 2.45. The second-order valence-corrected chi connectivity index (χ2v) is 5.26. The Kier molecular flexibility index (Phi) is 7.15. The van der Waals surface area contributed by atoms with E-state index in [1.165, 1.54) is 4.90 Å². The Bertz CT molecular complexity index is 463. The number of carbonyl (C=O) groups excluding carboxylic acids is 1. The van der Waals surface area contributed by atoms with Crippen LogP contribution in [0.3, 0.4) is 0 Å². The van der Waals surface area contributed by atoms with Crippen LogP contribution < -0.4 is 10.2 Å². The number of amides is 1. The number of likely N-dealkylation sites (N-methyl/N-ethyl adjacent to an activating group) is 2. The molecule has 1 aromatic rings. The maximum absolute atomic E-state index is 14.3. The minimum absolute atomic E-state index is 0.0371. The van der Waals surface area contributed by atoms with E-state index in [-0.39, 0.29) is 18.3 Å². The number of anilines is 1. The van der Waals surface area contributed by atoms with Gasteiger partial charge in [-0.2, -0.15) is 0 Å². The fourth-order valence-corrected chi connectivity index (χ4v) is 2.00. The monoisotopic (exact) mass is 295 g/mol.